The van der Waals surface area contributed by atoms with Gasteiger partial charge in [0.15, 0.2) is 23.1 Å². The Morgan fingerprint density at radius 2 is 1.65 bits per heavy atom. The predicted octanol–water partition coefficient (Wildman–Crippen LogP) is 2.30. The lowest BCUT2D eigenvalue weighted by Crippen LogP contribution is -2.39. The second-order valence-electron chi connectivity index (χ2n) is 5.23. The van der Waals surface area contributed by atoms with Crippen LogP contribution in [0.5, 0.6) is 17.2 Å². The van der Waals surface area contributed by atoms with E-state index in [1.54, 1.807) is 22.9 Å². The normalized spacial score (nSPS) is 11.3. The number of amides is 1. The van der Waals surface area contributed by atoms with Crippen LogP contribution in [-0.4, -0.2) is 39.8 Å². The van der Waals surface area contributed by atoms with E-state index in [0.717, 1.165) is 4.31 Å². The molecule has 0 spiro atoms. The number of carbonyl (C=O) groups excluding carboxylic acids is 1. The van der Waals surface area contributed by atoms with Crippen molar-refractivity contribution in [2.24, 2.45) is 0 Å². The van der Waals surface area contributed by atoms with Crippen molar-refractivity contribution in [3.05, 3.63) is 53.6 Å². The fourth-order valence-electron chi connectivity index (χ4n) is 1.87. The molecule has 0 saturated heterocycles. The summed E-state index contributed by atoms with van der Waals surface area (Å²) in [5.41, 5.74) is -0.777. The van der Waals surface area contributed by atoms with E-state index in [-0.39, 0.29) is 5.75 Å². The maximum atomic E-state index is 14.2. The van der Waals surface area contributed by atoms with Crippen LogP contribution < -0.4 is 14.2 Å². The smallest absolute Gasteiger partial charge is 0.303 e. The van der Waals surface area contributed by atoms with Crippen LogP contribution in [0.3, 0.4) is 0 Å². The number of nitrogens with zero attached hydrogens (tertiary/aromatic N) is 1. The van der Waals surface area contributed by atoms with E-state index in [1.165, 1.54) is 27.3 Å². The van der Waals surface area contributed by atoms with Gasteiger partial charge in [-0.1, -0.05) is 12.1 Å². The van der Waals surface area contributed by atoms with Crippen LogP contribution in [0.15, 0.2) is 36.4 Å². The van der Waals surface area contributed by atoms with E-state index < -0.39 is 39.1 Å². The number of carbonyl (C=O) groups is 1. The molecule has 0 atom stereocenters. The highest BCUT2D eigenvalue weighted by Crippen LogP contribution is 2.33. The van der Waals surface area contributed by atoms with Crippen molar-refractivity contribution in [3.8, 4) is 17.2 Å². The molecule has 0 aliphatic rings. The van der Waals surface area contributed by atoms with Crippen LogP contribution in [0.2, 0.25) is 0 Å². The maximum Gasteiger partial charge on any atom is 0.303 e. The first-order valence-corrected chi connectivity index (χ1v) is 8.64. The van der Waals surface area contributed by atoms with Crippen LogP contribution in [0.1, 0.15) is 10.4 Å². The lowest BCUT2D eigenvalue weighted by molar-refractivity contribution is 0.0975. The van der Waals surface area contributed by atoms with Crippen molar-refractivity contribution < 1.29 is 31.5 Å². The Kier molecular flexibility index (Phi) is 5.78. The Labute approximate surface area is 149 Å². The zero-order chi connectivity index (χ0) is 19.5. The van der Waals surface area contributed by atoms with Crippen molar-refractivity contribution in [2.75, 3.05) is 21.2 Å². The summed E-state index contributed by atoms with van der Waals surface area (Å²) in [5.74, 6) is -3.56. The van der Waals surface area contributed by atoms with Gasteiger partial charge in [0, 0.05) is 20.2 Å². The minimum absolute atomic E-state index is 0.140. The second-order valence-corrected chi connectivity index (χ2v) is 7.12. The van der Waals surface area contributed by atoms with Gasteiger partial charge >= 0.3 is 10.2 Å². The Bertz CT molecular complexity index is 932. The van der Waals surface area contributed by atoms with Crippen LogP contribution in [-0.2, 0) is 10.2 Å². The summed E-state index contributed by atoms with van der Waals surface area (Å²) in [5, 5.41) is 0. The van der Waals surface area contributed by atoms with Gasteiger partial charge in [0.25, 0.3) is 5.91 Å². The van der Waals surface area contributed by atoms with Crippen molar-refractivity contribution in [1.29, 1.82) is 0 Å². The van der Waals surface area contributed by atoms with Gasteiger partial charge in [-0.25, -0.2) is 13.5 Å². The average molecular weight is 386 g/mol. The number of methoxy groups -OCH3 is 1. The van der Waals surface area contributed by atoms with Gasteiger partial charge in [-0.3, -0.25) is 4.79 Å². The highest BCUT2D eigenvalue weighted by Gasteiger charge is 2.23. The Morgan fingerprint density at radius 3 is 2.23 bits per heavy atom. The lowest BCUT2D eigenvalue weighted by Gasteiger charge is -2.14. The van der Waals surface area contributed by atoms with Gasteiger partial charge in [-0.05, 0) is 18.2 Å². The molecule has 0 aromatic heterocycles. The minimum Gasteiger partial charge on any atom is -0.493 e. The van der Waals surface area contributed by atoms with Crippen molar-refractivity contribution >= 4 is 16.1 Å². The molecule has 2 aromatic carbocycles. The third-order valence-electron chi connectivity index (χ3n) is 3.26. The molecular weight excluding hydrogens is 370 g/mol. The Hall–Kier alpha value is -2.72. The molecule has 1 N–H and O–H groups in total. The van der Waals surface area contributed by atoms with Crippen LogP contribution in [0.4, 0.5) is 8.78 Å². The van der Waals surface area contributed by atoms with E-state index in [0.29, 0.717) is 17.9 Å². The molecule has 1 amide bonds. The first-order valence-electron chi connectivity index (χ1n) is 7.20. The molecule has 0 aliphatic heterocycles. The minimum atomic E-state index is -4.15. The van der Waals surface area contributed by atoms with Crippen LogP contribution >= 0.6 is 0 Å². The molecule has 2 rings (SSSR count). The third-order valence-corrected chi connectivity index (χ3v) is 4.66. The highest BCUT2D eigenvalue weighted by atomic mass is 32.2. The molecule has 0 bridgehead atoms. The Morgan fingerprint density at radius 1 is 1.04 bits per heavy atom. The van der Waals surface area contributed by atoms with E-state index >= 15 is 0 Å². The molecule has 26 heavy (non-hydrogen) atoms. The summed E-state index contributed by atoms with van der Waals surface area (Å²) in [6.07, 6.45) is 0. The molecule has 0 unspecified atom stereocenters. The van der Waals surface area contributed by atoms with E-state index in [2.05, 4.69) is 0 Å². The molecule has 140 valence electrons. The summed E-state index contributed by atoms with van der Waals surface area (Å²) in [6, 6.07) is 7.54. The predicted molar refractivity (Wildman–Crippen MR) is 89.5 cm³/mol. The molecule has 0 radical (unpaired) electrons. The number of ether oxygens (including phenoxy) is 2. The fraction of sp³-hybridized carbons (Fsp3) is 0.188. The number of halogens is 2. The average Bonchev–Trinajstić information content (AvgIpc) is 2.57. The monoisotopic (exact) mass is 386 g/mol. The first kappa shape index (κ1) is 19.6. The summed E-state index contributed by atoms with van der Waals surface area (Å²) < 4.78 is 64.4. The molecule has 2 aromatic rings. The molecule has 0 aliphatic carbocycles. The second kappa shape index (κ2) is 7.67. The quantitative estimate of drug-likeness (QED) is 0.824. The number of rotatable bonds is 6. The molecule has 0 heterocycles. The summed E-state index contributed by atoms with van der Waals surface area (Å²) in [6.45, 7) is 0. The summed E-state index contributed by atoms with van der Waals surface area (Å²) in [4.78, 5) is 11.9. The SMILES string of the molecule is COc1ccccc1Oc1cc(F)c(C(=O)NS(=O)(=O)N(C)C)cc1F. The topological polar surface area (TPSA) is 84.9 Å². The lowest BCUT2D eigenvalue weighted by atomic mass is 10.2. The first-order chi connectivity index (χ1) is 12.2. The number of hydrogen-bond acceptors (Lipinski definition) is 5. The molecule has 7 nitrogen and oxygen atoms in total. The van der Waals surface area contributed by atoms with E-state index in [4.69, 9.17) is 9.47 Å². The number of benzene rings is 2. The van der Waals surface area contributed by atoms with Crippen molar-refractivity contribution in [2.45, 2.75) is 0 Å². The van der Waals surface area contributed by atoms with Gasteiger partial charge in [0.1, 0.15) is 5.82 Å². The van der Waals surface area contributed by atoms with Gasteiger partial charge in [-0.15, -0.1) is 0 Å². The maximum absolute atomic E-state index is 14.2. The van der Waals surface area contributed by atoms with Crippen molar-refractivity contribution in [1.82, 2.24) is 9.03 Å². The zero-order valence-corrected chi connectivity index (χ0v) is 14.9. The van der Waals surface area contributed by atoms with Gasteiger partial charge < -0.3 is 9.47 Å². The Balaban J connectivity index is 2.32. The fourth-order valence-corrected chi connectivity index (χ4v) is 2.39. The van der Waals surface area contributed by atoms with Crippen LogP contribution in [0.25, 0.3) is 0 Å². The standard InChI is InChI=1S/C16H16F2N2O5S/c1-20(2)26(22,23)19-16(21)10-8-12(18)15(9-11(10)17)25-14-7-5-4-6-13(14)24-3/h4-9H,1-3H3,(H,19,21). The third kappa shape index (κ3) is 4.27. The van der Waals surface area contributed by atoms with E-state index in [9.17, 15) is 22.0 Å². The largest absolute Gasteiger partial charge is 0.493 e. The van der Waals surface area contributed by atoms with Gasteiger partial charge in [-0.2, -0.15) is 12.7 Å². The van der Waals surface area contributed by atoms with Crippen LogP contribution in [0, 0.1) is 11.6 Å². The van der Waals surface area contributed by atoms with E-state index in [1.807, 2.05) is 0 Å². The van der Waals surface area contributed by atoms with Gasteiger partial charge in [0.2, 0.25) is 0 Å². The summed E-state index contributed by atoms with van der Waals surface area (Å²) >= 11 is 0. The highest BCUT2D eigenvalue weighted by molar-refractivity contribution is 7.87. The molecule has 0 fully saturated rings. The zero-order valence-electron chi connectivity index (χ0n) is 14.1. The molecular formula is C16H16F2N2O5S. The summed E-state index contributed by atoms with van der Waals surface area (Å²) in [7, 11) is -0.405. The molecule has 10 heteroatoms. The van der Waals surface area contributed by atoms with Crippen molar-refractivity contribution in [3.63, 3.8) is 0 Å². The number of nitrogens with one attached hydrogen (secondary N) is 1. The number of hydrogen-bond donors (Lipinski definition) is 1. The number of para-hydroxylation sites is 2. The van der Waals surface area contributed by atoms with Gasteiger partial charge in [0.05, 0.1) is 12.7 Å². The molecule has 0 saturated carbocycles.